The first-order chi connectivity index (χ1) is 14.2. The van der Waals surface area contributed by atoms with Crippen molar-refractivity contribution in [2.24, 2.45) is 0 Å². The monoisotopic (exact) mass is 426 g/mol. The molecule has 0 amide bonds. The van der Waals surface area contributed by atoms with Crippen molar-refractivity contribution < 1.29 is 4.52 Å². The van der Waals surface area contributed by atoms with E-state index in [9.17, 15) is 4.79 Å². The summed E-state index contributed by atoms with van der Waals surface area (Å²) in [6.07, 6.45) is 3.69. The van der Waals surface area contributed by atoms with Gasteiger partial charge in [0.2, 0.25) is 0 Å². The lowest BCUT2D eigenvalue weighted by Crippen LogP contribution is -2.34. The second-order valence-corrected chi connectivity index (χ2v) is 9.30. The highest BCUT2D eigenvalue weighted by atomic mass is 32.1. The van der Waals surface area contributed by atoms with Crippen molar-refractivity contribution >= 4 is 32.9 Å². The molecule has 0 N–H and O–H groups in total. The van der Waals surface area contributed by atoms with Crippen molar-refractivity contribution in [1.29, 1.82) is 0 Å². The average Bonchev–Trinajstić information content (AvgIpc) is 3.46. The molecule has 4 aromatic heterocycles. The van der Waals surface area contributed by atoms with Crippen molar-refractivity contribution in [2.45, 2.75) is 39.3 Å². The van der Waals surface area contributed by atoms with Crippen molar-refractivity contribution in [3.05, 3.63) is 56.6 Å². The largest absolute Gasteiger partial charge is 0.359 e. The SMILES string of the molecule is Cc1cc(Cn2c(CN3CCCCC3)nc3scc(-c4cccs4)c3c2=O)on1. The molecule has 1 aliphatic heterocycles. The summed E-state index contributed by atoms with van der Waals surface area (Å²) in [7, 11) is 0. The van der Waals surface area contributed by atoms with Crippen LogP contribution in [0.25, 0.3) is 20.7 Å². The minimum Gasteiger partial charge on any atom is -0.359 e. The average molecular weight is 427 g/mol. The summed E-state index contributed by atoms with van der Waals surface area (Å²) in [5.41, 5.74) is 1.79. The lowest BCUT2D eigenvalue weighted by atomic mass is 10.1. The number of aryl methyl sites for hydroxylation is 1. The van der Waals surface area contributed by atoms with Gasteiger partial charge in [-0.2, -0.15) is 0 Å². The van der Waals surface area contributed by atoms with Gasteiger partial charge in [-0.3, -0.25) is 14.3 Å². The third-order valence-electron chi connectivity index (χ3n) is 5.36. The van der Waals surface area contributed by atoms with Gasteiger partial charge in [0.05, 0.1) is 24.2 Å². The molecule has 0 radical (unpaired) electrons. The fourth-order valence-electron chi connectivity index (χ4n) is 3.93. The van der Waals surface area contributed by atoms with Crippen LogP contribution in [0.5, 0.6) is 0 Å². The van der Waals surface area contributed by atoms with Crippen molar-refractivity contribution in [3.63, 3.8) is 0 Å². The summed E-state index contributed by atoms with van der Waals surface area (Å²) < 4.78 is 7.20. The van der Waals surface area contributed by atoms with Gasteiger partial charge in [0, 0.05) is 21.9 Å². The first kappa shape index (κ1) is 18.7. The lowest BCUT2D eigenvalue weighted by Gasteiger charge is -2.26. The van der Waals surface area contributed by atoms with Crippen LogP contribution in [0.2, 0.25) is 0 Å². The number of nitrogens with zero attached hydrogens (tertiary/aromatic N) is 4. The Hall–Kier alpha value is -2.29. The molecular formula is C21H22N4O2S2. The van der Waals surface area contributed by atoms with E-state index in [0.717, 1.165) is 39.9 Å². The smallest absolute Gasteiger partial charge is 0.263 e. The molecule has 0 saturated carbocycles. The van der Waals surface area contributed by atoms with Gasteiger partial charge < -0.3 is 4.52 Å². The number of likely N-dealkylation sites (tertiary alicyclic amines) is 1. The Balaban J connectivity index is 1.63. The van der Waals surface area contributed by atoms with E-state index in [4.69, 9.17) is 9.51 Å². The zero-order valence-electron chi connectivity index (χ0n) is 16.3. The number of hydrogen-bond donors (Lipinski definition) is 0. The topological polar surface area (TPSA) is 64.2 Å². The van der Waals surface area contributed by atoms with Crippen LogP contribution in [0, 0.1) is 6.92 Å². The van der Waals surface area contributed by atoms with Crippen LogP contribution in [-0.4, -0.2) is 32.7 Å². The van der Waals surface area contributed by atoms with E-state index in [1.165, 1.54) is 19.3 Å². The van der Waals surface area contributed by atoms with Gasteiger partial charge >= 0.3 is 0 Å². The minimum absolute atomic E-state index is 0.000660. The van der Waals surface area contributed by atoms with Crippen molar-refractivity contribution in [3.8, 4) is 10.4 Å². The summed E-state index contributed by atoms with van der Waals surface area (Å²) in [6.45, 7) is 5.04. The number of piperidine rings is 1. The molecule has 0 atom stereocenters. The number of aromatic nitrogens is 3. The maximum absolute atomic E-state index is 13.6. The van der Waals surface area contributed by atoms with Gasteiger partial charge in [0.1, 0.15) is 10.7 Å². The predicted molar refractivity (Wildman–Crippen MR) is 117 cm³/mol. The Labute approximate surface area is 176 Å². The number of fused-ring (bicyclic) bond motifs is 1. The van der Waals surface area contributed by atoms with Gasteiger partial charge in [-0.15, -0.1) is 22.7 Å². The molecule has 0 aliphatic carbocycles. The fraction of sp³-hybridized carbons (Fsp3) is 0.381. The fourth-order valence-corrected chi connectivity index (χ4v) is 5.70. The van der Waals surface area contributed by atoms with Crippen LogP contribution < -0.4 is 5.56 Å². The summed E-state index contributed by atoms with van der Waals surface area (Å²) in [4.78, 5) is 22.9. The van der Waals surface area contributed by atoms with Gasteiger partial charge in [0.15, 0.2) is 5.76 Å². The molecule has 29 heavy (non-hydrogen) atoms. The molecule has 8 heteroatoms. The molecule has 5 rings (SSSR count). The molecule has 0 spiro atoms. The predicted octanol–water partition coefficient (Wildman–Crippen LogP) is 4.52. The molecule has 4 aromatic rings. The molecule has 0 aromatic carbocycles. The third kappa shape index (κ3) is 3.68. The van der Waals surface area contributed by atoms with Crippen LogP contribution >= 0.6 is 22.7 Å². The molecule has 1 saturated heterocycles. The van der Waals surface area contributed by atoms with E-state index >= 15 is 0 Å². The first-order valence-corrected chi connectivity index (χ1v) is 11.6. The first-order valence-electron chi connectivity index (χ1n) is 9.88. The quantitative estimate of drug-likeness (QED) is 0.470. The maximum atomic E-state index is 13.6. The highest BCUT2D eigenvalue weighted by Crippen LogP contribution is 2.34. The van der Waals surface area contributed by atoms with Crippen LogP contribution in [0.15, 0.2) is 38.3 Å². The lowest BCUT2D eigenvalue weighted by molar-refractivity contribution is 0.212. The van der Waals surface area contributed by atoms with Gasteiger partial charge in [-0.25, -0.2) is 4.98 Å². The molecule has 0 unspecified atom stereocenters. The standard InChI is InChI=1S/C21H22N4O2S2/c1-14-10-15(27-23-14)11-25-18(12-24-7-3-2-4-8-24)22-20-19(21(25)26)16(13-29-20)17-6-5-9-28-17/h5-6,9-10,13H,2-4,7-8,11-12H2,1H3. The summed E-state index contributed by atoms with van der Waals surface area (Å²) in [5.74, 6) is 1.48. The summed E-state index contributed by atoms with van der Waals surface area (Å²) in [6, 6.07) is 5.95. The van der Waals surface area contributed by atoms with Crippen LogP contribution in [0.1, 0.15) is 36.5 Å². The molecule has 5 heterocycles. The Bertz CT molecular complexity index is 1180. The molecule has 6 nitrogen and oxygen atoms in total. The second kappa shape index (κ2) is 7.85. The van der Waals surface area contributed by atoms with Crippen LogP contribution in [-0.2, 0) is 13.1 Å². The Morgan fingerprint density at radius 1 is 1.17 bits per heavy atom. The third-order valence-corrected chi connectivity index (χ3v) is 7.14. The van der Waals surface area contributed by atoms with Crippen LogP contribution in [0.3, 0.4) is 0 Å². The van der Waals surface area contributed by atoms with Gasteiger partial charge in [-0.1, -0.05) is 17.6 Å². The van der Waals surface area contributed by atoms with Gasteiger partial charge in [0.25, 0.3) is 5.56 Å². The summed E-state index contributed by atoms with van der Waals surface area (Å²) >= 11 is 3.19. The molecule has 0 bridgehead atoms. The van der Waals surface area contributed by atoms with E-state index in [1.807, 2.05) is 24.4 Å². The van der Waals surface area contributed by atoms with Crippen LogP contribution in [0.4, 0.5) is 0 Å². The normalized spacial score (nSPS) is 15.3. The van der Waals surface area contributed by atoms with E-state index in [1.54, 1.807) is 27.2 Å². The van der Waals surface area contributed by atoms with Gasteiger partial charge in [-0.05, 0) is 44.3 Å². The molecule has 1 fully saturated rings. The Morgan fingerprint density at radius 2 is 2.03 bits per heavy atom. The zero-order chi connectivity index (χ0) is 19.8. The van der Waals surface area contributed by atoms with E-state index in [0.29, 0.717) is 24.2 Å². The zero-order valence-corrected chi connectivity index (χ0v) is 17.9. The Kier molecular flexibility index (Phi) is 5.07. The summed E-state index contributed by atoms with van der Waals surface area (Å²) in [5, 5.41) is 8.77. The molecule has 150 valence electrons. The van der Waals surface area contributed by atoms with E-state index in [2.05, 4.69) is 21.5 Å². The number of thiophene rings is 2. The molecular weight excluding hydrogens is 404 g/mol. The van der Waals surface area contributed by atoms with Crippen molar-refractivity contribution in [2.75, 3.05) is 13.1 Å². The molecule has 1 aliphatic rings. The maximum Gasteiger partial charge on any atom is 0.263 e. The highest BCUT2D eigenvalue weighted by Gasteiger charge is 2.21. The van der Waals surface area contributed by atoms with E-state index < -0.39 is 0 Å². The second-order valence-electron chi connectivity index (χ2n) is 7.50. The number of hydrogen-bond acceptors (Lipinski definition) is 7. The number of rotatable bonds is 5. The van der Waals surface area contributed by atoms with E-state index in [-0.39, 0.29) is 5.56 Å². The minimum atomic E-state index is 0.000660. The highest BCUT2D eigenvalue weighted by molar-refractivity contribution is 7.18. The van der Waals surface area contributed by atoms with Crippen molar-refractivity contribution in [1.82, 2.24) is 19.6 Å². The Morgan fingerprint density at radius 3 is 2.76 bits per heavy atom.